The Bertz CT molecular complexity index is 917. The number of ether oxygens (including phenoxy) is 1. The van der Waals surface area contributed by atoms with E-state index in [9.17, 15) is 14.3 Å². The minimum atomic E-state index is -0.712. The standard InChI is InChI=1S/C20H20FN3O3S/c1-3-27-16-10-12(4-9-15(16)25)18-17(11(2)22-20(28)24-18)19(26)23-14-7-5-13(21)6-8-14/h4-10,17-18,25H,2-3H2,1H3,(H,23,26)(H2,22,24,28)/t17-,18+/m0/s1. The third-order valence-corrected chi connectivity index (χ3v) is 4.53. The molecule has 1 heterocycles. The van der Waals surface area contributed by atoms with Crippen molar-refractivity contribution in [2.45, 2.75) is 13.0 Å². The maximum absolute atomic E-state index is 13.1. The molecule has 6 nitrogen and oxygen atoms in total. The number of carbonyl (C=O) groups excluding carboxylic acids is 1. The fourth-order valence-electron chi connectivity index (χ4n) is 3.02. The van der Waals surface area contributed by atoms with Crippen LogP contribution in [0.4, 0.5) is 10.1 Å². The lowest BCUT2D eigenvalue weighted by atomic mass is 9.88. The summed E-state index contributed by atoms with van der Waals surface area (Å²) in [5.41, 5.74) is 1.59. The zero-order valence-corrected chi connectivity index (χ0v) is 16.0. The maximum atomic E-state index is 13.1. The number of rotatable bonds is 5. The van der Waals surface area contributed by atoms with Crippen LogP contribution in [-0.4, -0.2) is 22.7 Å². The summed E-state index contributed by atoms with van der Waals surface area (Å²) in [7, 11) is 0. The Morgan fingerprint density at radius 1 is 1.32 bits per heavy atom. The van der Waals surface area contributed by atoms with E-state index in [4.69, 9.17) is 17.0 Å². The molecule has 2 atom stereocenters. The summed E-state index contributed by atoms with van der Waals surface area (Å²) < 4.78 is 18.5. The fourth-order valence-corrected chi connectivity index (χ4v) is 3.28. The average molecular weight is 401 g/mol. The van der Waals surface area contributed by atoms with Crippen LogP contribution in [0.25, 0.3) is 0 Å². The smallest absolute Gasteiger partial charge is 0.235 e. The molecule has 4 N–H and O–H groups in total. The molecule has 0 bridgehead atoms. The van der Waals surface area contributed by atoms with Gasteiger partial charge in [-0.3, -0.25) is 4.79 Å². The lowest BCUT2D eigenvalue weighted by Gasteiger charge is -2.35. The topological polar surface area (TPSA) is 82.6 Å². The van der Waals surface area contributed by atoms with Crippen LogP contribution in [0.5, 0.6) is 11.5 Å². The van der Waals surface area contributed by atoms with Crippen molar-refractivity contribution in [3.8, 4) is 11.5 Å². The number of amides is 1. The summed E-state index contributed by atoms with van der Waals surface area (Å²) in [6.07, 6.45) is 0. The summed E-state index contributed by atoms with van der Waals surface area (Å²) in [4.78, 5) is 13.0. The third kappa shape index (κ3) is 4.23. The molecular weight excluding hydrogens is 381 g/mol. The van der Waals surface area contributed by atoms with Gasteiger partial charge < -0.3 is 25.8 Å². The highest BCUT2D eigenvalue weighted by Crippen LogP contribution is 2.35. The first-order chi connectivity index (χ1) is 13.4. The van der Waals surface area contributed by atoms with Crippen LogP contribution in [0.15, 0.2) is 54.7 Å². The zero-order chi connectivity index (χ0) is 20.3. The SMILES string of the molecule is C=C1NC(=S)N[C@H](c2ccc(O)c(OCC)c2)[C@H]1C(=O)Nc1ccc(F)cc1. The number of carbonyl (C=O) groups is 1. The number of hydrogen-bond acceptors (Lipinski definition) is 4. The van der Waals surface area contributed by atoms with Crippen LogP contribution in [0.2, 0.25) is 0 Å². The number of nitrogens with one attached hydrogen (secondary N) is 3. The summed E-state index contributed by atoms with van der Waals surface area (Å²) in [6, 6.07) is 9.82. The fraction of sp³-hybridized carbons (Fsp3) is 0.200. The number of benzene rings is 2. The highest BCUT2D eigenvalue weighted by atomic mass is 32.1. The quantitative estimate of drug-likeness (QED) is 0.576. The summed E-state index contributed by atoms with van der Waals surface area (Å²) in [5, 5.41) is 19.0. The highest BCUT2D eigenvalue weighted by molar-refractivity contribution is 7.80. The Labute approximate surface area is 167 Å². The summed E-state index contributed by atoms with van der Waals surface area (Å²) in [6.45, 7) is 6.13. The molecular formula is C20H20FN3O3S. The lowest BCUT2D eigenvalue weighted by molar-refractivity contribution is -0.119. The van der Waals surface area contributed by atoms with Crippen molar-refractivity contribution in [1.29, 1.82) is 0 Å². The van der Waals surface area contributed by atoms with Gasteiger partial charge in [-0.1, -0.05) is 12.6 Å². The summed E-state index contributed by atoms with van der Waals surface area (Å²) >= 11 is 5.22. The maximum Gasteiger partial charge on any atom is 0.235 e. The molecule has 3 rings (SSSR count). The van der Waals surface area contributed by atoms with E-state index in [0.29, 0.717) is 34.4 Å². The molecule has 0 saturated carbocycles. The number of thiocarbonyl (C=S) groups is 1. The first kappa shape index (κ1) is 19.6. The molecule has 2 aromatic rings. The Balaban J connectivity index is 1.91. The lowest BCUT2D eigenvalue weighted by Crippen LogP contribution is -2.51. The van der Waals surface area contributed by atoms with Gasteiger partial charge in [-0.25, -0.2) is 4.39 Å². The van der Waals surface area contributed by atoms with Crippen molar-refractivity contribution in [2.75, 3.05) is 11.9 Å². The Kier molecular flexibility index (Phi) is 5.79. The molecule has 28 heavy (non-hydrogen) atoms. The predicted molar refractivity (Wildman–Crippen MR) is 109 cm³/mol. The van der Waals surface area contributed by atoms with E-state index in [2.05, 4.69) is 22.5 Å². The van der Waals surface area contributed by atoms with Crippen LogP contribution in [0.3, 0.4) is 0 Å². The molecule has 146 valence electrons. The first-order valence-corrected chi connectivity index (χ1v) is 9.08. The molecule has 8 heteroatoms. The van der Waals surface area contributed by atoms with Gasteiger partial charge in [0.1, 0.15) is 11.7 Å². The van der Waals surface area contributed by atoms with Gasteiger partial charge in [0.15, 0.2) is 16.6 Å². The molecule has 1 saturated heterocycles. The molecule has 0 aliphatic carbocycles. The minimum Gasteiger partial charge on any atom is -0.504 e. The number of aromatic hydroxyl groups is 1. The van der Waals surface area contributed by atoms with Gasteiger partial charge in [0.2, 0.25) is 5.91 Å². The van der Waals surface area contributed by atoms with Crippen molar-refractivity contribution in [3.63, 3.8) is 0 Å². The van der Waals surface area contributed by atoms with Crippen molar-refractivity contribution < 1.29 is 19.0 Å². The number of halogens is 1. The monoisotopic (exact) mass is 401 g/mol. The highest BCUT2D eigenvalue weighted by Gasteiger charge is 2.37. The Hall–Kier alpha value is -3.13. The molecule has 1 fully saturated rings. The minimum absolute atomic E-state index is 0.00764. The van der Waals surface area contributed by atoms with E-state index in [1.807, 2.05) is 6.92 Å². The molecule has 1 aliphatic heterocycles. The number of hydrogen-bond donors (Lipinski definition) is 4. The molecule has 0 spiro atoms. The molecule has 2 aromatic carbocycles. The van der Waals surface area contributed by atoms with E-state index >= 15 is 0 Å². The molecule has 1 aliphatic rings. The second-order valence-electron chi connectivity index (χ2n) is 6.24. The van der Waals surface area contributed by atoms with Crippen molar-refractivity contribution in [1.82, 2.24) is 10.6 Å². The molecule has 0 aromatic heterocycles. The largest absolute Gasteiger partial charge is 0.504 e. The number of phenolic OH excluding ortho intramolecular Hbond substituents is 1. The van der Waals surface area contributed by atoms with E-state index in [1.165, 1.54) is 30.3 Å². The molecule has 0 radical (unpaired) electrons. The van der Waals surface area contributed by atoms with E-state index in [-0.39, 0.29) is 17.5 Å². The third-order valence-electron chi connectivity index (χ3n) is 4.31. The van der Waals surface area contributed by atoms with Gasteiger partial charge in [-0.05, 0) is 61.1 Å². The molecule has 1 amide bonds. The van der Waals surface area contributed by atoms with Crippen molar-refractivity contribution >= 4 is 28.9 Å². The van der Waals surface area contributed by atoms with Gasteiger partial charge in [-0.15, -0.1) is 0 Å². The van der Waals surface area contributed by atoms with Gasteiger partial charge >= 0.3 is 0 Å². The van der Waals surface area contributed by atoms with Crippen LogP contribution in [0.1, 0.15) is 18.5 Å². The van der Waals surface area contributed by atoms with Gasteiger partial charge in [-0.2, -0.15) is 0 Å². The number of anilines is 1. The van der Waals surface area contributed by atoms with Gasteiger partial charge in [0.25, 0.3) is 0 Å². The van der Waals surface area contributed by atoms with Crippen molar-refractivity contribution in [3.05, 3.63) is 66.1 Å². The average Bonchev–Trinajstić information content (AvgIpc) is 2.65. The van der Waals surface area contributed by atoms with Crippen LogP contribution >= 0.6 is 12.2 Å². The Morgan fingerprint density at radius 2 is 2.04 bits per heavy atom. The van der Waals surface area contributed by atoms with Gasteiger partial charge in [0, 0.05) is 11.4 Å². The van der Waals surface area contributed by atoms with Crippen LogP contribution in [0, 0.1) is 11.7 Å². The Morgan fingerprint density at radius 3 is 2.71 bits per heavy atom. The summed E-state index contributed by atoms with van der Waals surface area (Å²) in [5.74, 6) is -1.12. The van der Waals surface area contributed by atoms with Gasteiger partial charge in [0.05, 0.1) is 12.6 Å². The van der Waals surface area contributed by atoms with Crippen LogP contribution in [-0.2, 0) is 4.79 Å². The van der Waals surface area contributed by atoms with Crippen LogP contribution < -0.4 is 20.7 Å². The zero-order valence-electron chi connectivity index (χ0n) is 15.2. The first-order valence-electron chi connectivity index (χ1n) is 8.67. The second-order valence-corrected chi connectivity index (χ2v) is 6.64. The normalized spacial score (nSPS) is 18.8. The van der Waals surface area contributed by atoms with E-state index in [0.717, 1.165) is 0 Å². The number of phenols is 1. The van der Waals surface area contributed by atoms with E-state index < -0.39 is 12.0 Å². The second kappa shape index (κ2) is 8.26. The molecule has 0 unspecified atom stereocenters. The predicted octanol–water partition coefficient (Wildman–Crippen LogP) is 3.22. The van der Waals surface area contributed by atoms with E-state index in [1.54, 1.807) is 12.1 Å². The van der Waals surface area contributed by atoms with Crippen molar-refractivity contribution in [2.24, 2.45) is 5.92 Å².